The van der Waals surface area contributed by atoms with Gasteiger partial charge in [0.25, 0.3) is 5.91 Å². The first-order valence-corrected chi connectivity index (χ1v) is 10.2. The Labute approximate surface area is 176 Å². The zero-order valence-electron chi connectivity index (χ0n) is 17.5. The quantitative estimate of drug-likeness (QED) is 0.663. The maximum absolute atomic E-state index is 12.3. The van der Waals surface area contributed by atoms with Crippen molar-refractivity contribution in [2.45, 2.75) is 26.2 Å². The fraction of sp³-hybridized carbons (Fsp3) is 0.391. The molecule has 1 N–H and O–H groups in total. The largest absolute Gasteiger partial charge is 0.493 e. The Morgan fingerprint density at radius 3 is 2.40 bits per heavy atom. The van der Waals surface area contributed by atoms with Crippen LogP contribution in [0.25, 0.3) is 0 Å². The predicted octanol–water partition coefficient (Wildman–Crippen LogP) is 3.88. The molecule has 2 aromatic rings. The van der Waals surface area contributed by atoms with E-state index in [4.69, 9.17) is 14.2 Å². The molecular formula is C23H28N2O5. The van der Waals surface area contributed by atoms with Gasteiger partial charge in [-0.2, -0.15) is 0 Å². The summed E-state index contributed by atoms with van der Waals surface area (Å²) in [6.07, 6.45) is 3.71. The number of hydrogen-bond donors (Lipinski definition) is 1. The number of hydrogen-bond acceptors (Lipinski definition) is 6. The Kier molecular flexibility index (Phi) is 7.54. The van der Waals surface area contributed by atoms with Crippen molar-refractivity contribution in [1.29, 1.82) is 0 Å². The van der Waals surface area contributed by atoms with Gasteiger partial charge in [0, 0.05) is 24.5 Å². The van der Waals surface area contributed by atoms with E-state index in [0.717, 1.165) is 18.8 Å². The number of esters is 1. The van der Waals surface area contributed by atoms with Gasteiger partial charge < -0.3 is 24.4 Å². The van der Waals surface area contributed by atoms with Crippen LogP contribution in [0.5, 0.6) is 11.5 Å². The third-order valence-electron chi connectivity index (χ3n) is 4.91. The molecule has 1 amide bonds. The van der Waals surface area contributed by atoms with Gasteiger partial charge in [0.1, 0.15) is 0 Å². The van der Waals surface area contributed by atoms with E-state index >= 15 is 0 Å². The van der Waals surface area contributed by atoms with Crippen LogP contribution in [0, 0.1) is 0 Å². The number of carbonyl (C=O) groups excluding carboxylic acids is 2. The second-order valence-corrected chi connectivity index (χ2v) is 7.02. The van der Waals surface area contributed by atoms with Crippen LogP contribution < -0.4 is 19.7 Å². The molecule has 0 spiro atoms. The number of benzene rings is 2. The highest BCUT2D eigenvalue weighted by atomic mass is 16.5. The lowest BCUT2D eigenvalue weighted by Gasteiger charge is -2.28. The van der Waals surface area contributed by atoms with Crippen LogP contribution in [0.15, 0.2) is 42.5 Å². The average Bonchev–Trinajstić information content (AvgIpc) is 2.79. The highest BCUT2D eigenvalue weighted by molar-refractivity contribution is 5.95. The Morgan fingerprint density at radius 2 is 1.73 bits per heavy atom. The minimum Gasteiger partial charge on any atom is -0.493 e. The van der Waals surface area contributed by atoms with Crippen LogP contribution in [0.4, 0.5) is 11.4 Å². The minimum atomic E-state index is -0.605. The fourth-order valence-corrected chi connectivity index (χ4v) is 3.39. The summed E-state index contributed by atoms with van der Waals surface area (Å²) >= 11 is 0. The highest BCUT2D eigenvalue weighted by Crippen LogP contribution is 2.28. The fourth-order valence-electron chi connectivity index (χ4n) is 3.39. The van der Waals surface area contributed by atoms with Crippen molar-refractivity contribution in [3.63, 3.8) is 0 Å². The van der Waals surface area contributed by atoms with Gasteiger partial charge in [0.15, 0.2) is 18.1 Å². The number of carbonyl (C=O) groups is 2. The summed E-state index contributed by atoms with van der Waals surface area (Å²) in [5.74, 6) is -0.0224. The third kappa shape index (κ3) is 5.65. The molecule has 160 valence electrons. The number of nitrogens with one attached hydrogen (secondary N) is 1. The lowest BCUT2D eigenvalue weighted by Crippen LogP contribution is -2.29. The molecule has 1 fully saturated rings. The lowest BCUT2D eigenvalue weighted by molar-refractivity contribution is -0.119. The topological polar surface area (TPSA) is 77.1 Å². The first kappa shape index (κ1) is 21.5. The van der Waals surface area contributed by atoms with Crippen molar-refractivity contribution in [3.8, 4) is 11.5 Å². The zero-order chi connectivity index (χ0) is 21.3. The predicted molar refractivity (Wildman–Crippen MR) is 116 cm³/mol. The number of ether oxygens (including phenoxy) is 3. The van der Waals surface area contributed by atoms with Crippen molar-refractivity contribution in [2.24, 2.45) is 0 Å². The Morgan fingerprint density at radius 1 is 1.00 bits per heavy atom. The molecule has 0 aliphatic carbocycles. The second kappa shape index (κ2) is 10.5. The van der Waals surface area contributed by atoms with Crippen LogP contribution in [0.2, 0.25) is 0 Å². The summed E-state index contributed by atoms with van der Waals surface area (Å²) in [5, 5.41) is 2.75. The Balaban J connectivity index is 1.51. The van der Waals surface area contributed by atoms with E-state index in [1.165, 1.54) is 32.4 Å². The average molecular weight is 412 g/mol. The summed E-state index contributed by atoms with van der Waals surface area (Å²) in [5.41, 5.74) is 2.11. The van der Waals surface area contributed by atoms with E-state index in [1.807, 2.05) is 31.2 Å². The van der Waals surface area contributed by atoms with Crippen LogP contribution in [-0.4, -0.2) is 45.3 Å². The standard InChI is InChI=1S/C23H28N2O5/c1-3-29-20-12-7-17(15-21(20)28-2)23(27)30-16-22(26)24-18-8-10-19(11-9-18)25-13-5-4-6-14-25/h7-12,15H,3-6,13-14,16H2,1-2H3,(H,24,26). The van der Waals surface area contributed by atoms with Crippen molar-refractivity contribution < 1.29 is 23.8 Å². The van der Waals surface area contributed by atoms with Crippen LogP contribution in [-0.2, 0) is 9.53 Å². The number of amides is 1. The van der Waals surface area contributed by atoms with Crippen molar-refractivity contribution in [1.82, 2.24) is 0 Å². The van der Waals surface area contributed by atoms with Gasteiger partial charge in [0.2, 0.25) is 0 Å². The number of methoxy groups -OCH3 is 1. The molecule has 3 rings (SSSR count). The van der Waals surface area contributed by atoms with Gasteiger partial charge in [-0.25, -0.2) is 4.79 Å². The molecule has 1 aliphatic rings. The molecule has 0 bridgehead atoms. The van der Waals surface area contributed by atoms with Gasteiger partial charge in [-0.05, 0) is 68.7 Å². The smallest absolute Gasteiger partial charge is 0.338 e. The van der Waals surface area contributed by atoms with E-state index in [1.54, 1.807) is 12.1 Å². The first-order valence-electron chi connectivity index (χ1n) is 10.2. The van der Waals surface area contributed by atoms with Crippen molar-refractivity contribution in [2.75, 3.05) is 43.6 Å². The molecule has 1 heterocycles. The molecule has 2 aromatic carbocycles. The maximum atomic E-state index is 12.3. The summed E-state index contributed by atoms with van der Waals surface area (Å²) in [6.45, 7) is 4.11. The van der Waals surface area contributed by atoms with E-state index in [2.05, 4.69) is 10.2 Å². The van der Waals surface area contributed by atoms with Gasteiger partial charge in [0.05, 0.1) is 19.3 Å². The maximum Gasteiger partial charge on any atom is 0.338 e. The molecular weight excluding hydrogens is 384 g/mol. The molecule has 7 nitrogen and oxygen atoms in total. The van der Waals surface area contributed by atoms with E-state index < -0.39 is 11.9 Å². The van der Waals surface area contributed by atoms with Crippen molar-refractivity contribution in [3.05, 3.63) is 48.0 Å². The SMILES string of the molecule is CCOc1ccc(C(=O)OCC(=O)Nc2ccc(N3CCCCC3)cc2)cc1OC. The van der Waals surface area contributed by atoms with Crippen LogP contribution in [0.3, 0.4) is 0 Å². The third-order valence-corrected chi connectivity index (χ3v) is 4.91. The molecule has 0 saturated carbocycles. The minimum absolute atomic E-state index is 0.286. The molecule has 1 aliphatic heterocycles. The number of anilines is 2. The zero-order valence-corrected chi connectivity index (χ0v) is 17.5. The molecule has 0 atom stereocenters. The number of nitrogens with zero attached hydrogens (tertiary/aromatic N) is 1. The van der Waals surface area contributed by atoms with E-state index in [-0.39, 0.29) is 12.2 Å². The Hall–Kier alpha value is -3.22. The van der Waals surface area contributed by atoms with Gasteiger partial charge in [-0.3, -0.25) is 4.79 Å². The van der Waals surface area contributed by atoms with Crippen molar-refractivity contribution >= 4 is 23.3 Å². The second-order valence-electron chi connectivity index (χ2n) is 7.02. The molecule has 0 aromatic heterocycles. The number of rotatable bonds is 8. The molecule has 0 radical (unpaired) electrons. The Bertz CT molecular complexity index is 860. The summed E-state index contributed by atoms with van der Waals surface area (Å²) < 4.78 is 15.8. The van der Waals surface area contributed by atoms with Gasteiger partial charge in [-0.1, -0.05) is 0 Å². The lowest BCUT2D eigenvalue weighted by atomic mass is 10.1. The first-order chi connectivity index (χ1) is 14.6. The number of piperidine rings is 1. The highest BCUT2D eigenvalue weighted by Gasteiger charge is 2.15. The summed E-state index contributed by atoms with van der Waals surface area (Å²) in [4.78, 5) is 26.8. The molecule has 30 heavy (non-hydrogen) atoms. The molecule has 7 heteroatoms. The van der Waals surface area contributed by atoms with E-state index in [9.17, 15) is 9.59 Å². The molecule has 1 saturated heterocycles. The van der Waals surface area contributed by atoms with Gasteiger partial charge in [-0.15, -0.1) is 0 Å². The summed E-state index contributed by atoms with van der Waals surface area (Å²) in [7, 11) is 1.50. The molecule has 0 unspecified atom stereocenters. The monoisotopic (exact) mass is 412 g/mol. The summed E-state index contributed by atoms with van der Waals surface area (Å²) in [6, 6.07) is 12.5. The van der Waals surface area contributed by atoms with Crippen LogP contribution >= 0.6 is 0 Å². The normalized spacial score (nSPS) is 13.5. The van der Waals surface area contributed by atoms with E-state index in [0.29, 0.717) is 23.8 Å². The van der Waals surface area contributed by atoms with Crippen LogP contribution in [0.1, 0.15) is 36.5 Å². The van der Waals surface area contributed by atoms with Gasteiger partial charge >= 0.3 is 5.97 Å².